The fraction of sp³-hybridized carbons (Fsp3) is 0.148. The van der Waals surface area contributed by atoms with Crippen molar-refractivity contribution in [2.45, 2.75) is 20.0 Å². The number of pyridine rings is 1. The zero-order valence-corrected chi connectivity index (χ0v) is 20.0. The smallest absolute Gasteiger partial charge is 0.416 e. The minimum Gasteiger partial charge on any atom is -0.452 e. The van der Waals surface area contributed by atoms with E-state index >= 15 is 0 Å². The largest absolute Gasteiger partial charge is 0.452 e. The number of para-hydroxylation sites is 1. The number of esters is 1. The number of halogens is 4. The van der Waals surface area contributed by atoms with E-state index < -0.39 is 30.2 Å². The molecule has 4 aromatic rings. The second kappa shape index (κ2) is 9.99. The summed E-state index contributed by atoms with van der Waals surface area (Å²) in [6.07, 6.45) is -4.61. The van der Waals surface area contributed by atoms with E-state index in [1.54, 1.807) is 31.2 Å². The summed E-state index contributed by atoms with van der Waals surface area (Å²) in [7, 11) is 0. The number of ether oxygens (including phenoxy) is 1. The SMILES string of the molecule is Cc1ccc(-c2nc3ccccc3c(C(=O)OCC(=O)Nc3cc(C(F)(F)F)ccc3Cl)c2C)cc1. The Morgan fingerprint density at radius 3 is 2.39 bits per heavy atom. The van der Waals surface area contributed by atoms with E-state index in [4.69, 9.17) is 21.3 Å². The van der Waals surface area contributed by atoms with Crippen molar-refractivity contribution in [3.05, 3.63) is 94.0 Å². The van der Waals surface area contributed by atoms with E-state index in [9.17, 15) is 22.8 Å². The third-order valence-electron chi connectivity index (χ3n) is 5.57. The molecular weight excluding hydrogens is 493 g/mol. The summed E-state index contributed by atoms with van der Waals surface area (Å²) < 4.78 is 44.2. The van der Waals surface area contributed by atoms with E-state index in [0.29, 0.717) is 22.2 Å². The number of aromatic nitrogens is 1. The lowest BCUT2D eigenvalue weighted by molar-refractivity contribution is -0.137. The van der Waals surface area contributed by atoms with Crippen LogP contribution in [0.15, 0.2) is 66.7 Å². The fourth-order valence-electron chi connectivity index (χ4n) is 3.75. The van der Waals surface area contributed by atoms with Gasteiger partial charge in [-0.2, -0.15) is 13.2 Å². The Bertz CT molecular complexity index is 1470. The first-order valence-electron chi connectivity index (χ1n) is 10.8. The maximum Gasteiger partial charge on any atom is 0.416 e. The summed E-state index contributed by atoms with van der Waals surface area (Å²) in [4.78, 5) is 30.2. The topological polar surface area (TPSA) is 68.3 Å². The monoisotopic (exact) mass is 512 g/mol. The van der Waals surface area contributed by atoms with E-state index in [-0.39, 0.29) is 16.3 Å². The molecule has 1 aromatic heterocycles. The van der Waals surface area contributed by atoms with Crippen molar-refractivity contribution in [1.29, 1.82) is 0 Å². The van der Waals surface area contributed by atoms with Gasteiger partial charge in [-0.05, 0) is 43.7 Å². The van der Waals surface area contributed by atoms with Gasteiger partial charge in [-0.1, -0.05) is 59.6 Å². The lowest BCUT2D eigenvalue weighted by atomic mass is 9.97. The Morgan fingerprint density at radius 2 is 1.69 bits per heavy atom. The molecule has 0 fully saturated rings. The number of hydrogen-bond acceptors (Lipinski definition) is 4. The molecule has 0 aliphatic rings. The van der Waals surface area contributed by atoms with Gasteiger partial charge in [0.25, 0.3) is 5.91 Å². The molecule has 0 aliphatic heterocycles. The standard InChI is InChI=1S/C27H20ClF3N2O3/c1-15-7-9-17(10-8-15)25-16(2)24(19-5-3-4-6-21(19)33-25)26(35)36-14-23(34)32-22-13-18(27(29,30)31)11-12-20(22)28/h3-13H,14H2,1-2H3,(H,32,34). The molecule has 0 saturated carbocycles. The molecule has 1 N–H and O–H groups in total. The Labute approximate surface area is 209 Å². The molecule has 0 unspecified atom stereocenters. The van der Waals surface area contributed by atoms with Crippen molar-refractivity contribution in [2.24, 2.45) is 0 Å². The first-order chi connectivity index (χ1) is 17.0. The first kappa shape index (κ1) is 25.2. The number of carbonyl (C=O) groups excluding carboxylic acids is 2. The third kappa shape index (κ3) is 5.33. The van der Waals surface area contributed by atoms with Crippen molar-refractivity contribution in [3.63, 3.8) is 0 Å². The minimum atomic E-state index is -4.61. The van der Waals surface area contributed by atoms with Gasteiger partial charge in [0.2, 0.25) is 0 Å². The summed E-state index contributed by atoms with van der Waals surface area (Å²) in [6, 6.07) is 17.3. The number of carbonyl (C=O) groups is 2. The second-order valence-electron chi connectivity index (χ2n) is 8.16. The van der Waals surface area contributed by atoms with Crippen LogP contribution in [0.5, 0.6) is 0 Å². The van der Waals surface area contributed by atoms with Crippen molar-refractivity contribution in [1.82, 2.24) is 4.98 Å². The van der Waals surface area contributed by atoms with Gasteiger partial charge in [-0.25, -0.2) is 9.78 Å². The van der Waals surface area contributed by atoms with Gasteiger partial charge in [-0.15, -0.1) is 0 Å². The van der Waals surface area contributed by atoms with Crippen molar-refractivity contribution in [2.75, 3.05) is 11.9 Å². The number of anilines is 1. The van der Waals surface area contributed by atoms with Gasteiger partial charge in [0.15, 0.2) is 6.61 Å². The van der Waals surface area contributed by atoms with E-state index in [0.717, 1.165) is 29.3 Å². The third-order valence-corrected chi connectivity index (χ3v) is 5.90. The van der Waals surface area contributed by atoms with Crippen LogP contribution in [0.2, 0.25) is 5.02 Å². The highest BCUT2D eigenvalue weighted by Crippen LogP contribution is 2.34. The molecule has 4 rings (SSSR count). The quantitative estimate of drug-likeness (QED) is 0.293. The van der Waals surface area contributed by atoms with Crippen molar-refractivity contribution >= 4 is 40.1 Å². The maximum atomic E-state index is 13.1. The molecule has 0 bridgehead atoms. The molecule has 1 amide bonds. The highest BCUT2D eigenvalue weighted by molar-refractivity contribution is 6.33. The van der Waals surface area contributed by atoms with Gasteiger partial charge in [0, 0.05) is 10.9 Å². The van der Waals surface area contributed by atoms with E-state index in [2.05, 4.69) is 5.32 Å². The number of fused-ring (bicyclic) bond motifs is 1. The summed E-state index contributed by atoms with van der Waals surface area (Å²) in [5, 5.41) is 2.73. The highest BCUT2D eigenvalue weighted by Gasteiger charge is 2.31. The van der Waals surface area contributed by atoms with Gasteiger partial charge in [0.05, 0.1) is 33.0 Å². The van der Waals surface area contributed by atoms with E-state index in [1.165, 1.54) is 0 Å². The maximum absolute atomic E-state index is 13.1. The number of hydrogen-bond donors (Lipinski definition) is 1. The van der Waals surface area contributed by atoms with Crippen LogP contribution in [-0.4, -0.2) is 23.5 Å². The number of benzene rings is 3. The molecule has 0 saturated heterocycles. The lowest BCUT2D eigenvalue weighted by Gasteiger charge is -2.15. The second-order valence-corrected chi connectivity index (χ2v) is 8.57. The molecule has 36 heavy (non-hydrogen) atoms. The van der Waals surface area contributed by atoms with Crippen LogP contribution < -0.4 is 5.32 Å². The van der Waals surface area contributed by atoms with Crippen molar-refractivity contribution < 1.29 is 27.5 Å². The number of rotatable bonds is 5. The molecule has 0 aliphatic carbocycles. The molecule has 1 heterocycles. The van der Waals surface area contributed by atoms with Crippen LogP contribution in [0.3, 0.4) is 0 Å². The number of nitrogens with zero attached hydrogens (tertiary/aromatic N) is 1. The molecular formula is C27H20ClF3N2O3. The normalized spacial score (nSPS) is 11.4. The predicted octanol–water partition coefficient (Wildman–Crippen LogP) is 6.99. The van der Waals surface area contributed by atoms with Crippen LogP contribution in [0.4, 0.5) is 18.9 Å². The Hall–Kier alpha value is -3.91. The van der Waals surface area contributed by atoms with Crippen LogP contribution in [-0.2, 0) is 15.7 Å². The highest BCUT2D eigenvalue weighted by atomic mass is 35.5. The Balaban J connectivity index is 1.59. The Morgan fingerprint density at radius 1 is 1.00 bits per heavy atom. The summed E-state index contributed by atoms with van der Waals surface area (Å²) in [6.45, 7) is 2.99. The molecule has 9 heteroatoms. The molecule has 5 nitrogen and oxygen atoms in total. The zero-order valence-electron chi connectivity index (χ0n) is 19.2. The Kier molecular flexibility index (Phi) is 6.99. The minimum absolute atomic E-state index is 0.0820. The molecule has 0 atom stereocenters. The van der Waals surface area contributed by atoms with Gasteiger partial charge < -0.3 is 10.1 Å². The summed E-state index contributed by atoms with van der Waals surface area (Å²) in [5.41, 5.74) is 2.68. The van der Waals surface area contributed by atoms with Crippen LogP contribution >= 0.6 is 11.6 Å². The fourth-order valence-corrected chi connectivity index (χ4v) is 3.91. The first-order valence-corrected chi connectivity index (χ1v) is 11.2. The summed E-state index contributed by atoms with van der Waals surface area (Å²) in [5.74, 6) is -1.59. The van der Waals surface area contributed by atoms with Gasteiger partial charge in [-0.3, -0.25) is 4.79 Å². The van der Waals surface area contributed by atoms with Crippen LogP contribution in [0.25, 0.3) is 22.2 Å². The number of nitrogens with one attached hydrogen (secondary N) is 1. The summed E-state index contributed by atoms with van der Waals surface area (Å²) >= 11 is 5.92. The average Bonchev–Trinajstić information content (AvgIpc) is 2.83. The van der Waals surface area contributed by atoms with Crippen molar-refractivity contribution in [3.8, 4) is 11.3 Å². The average molecular weight is 513 g/mol. The zero-order chi connectivity index (χ0) is 26.0. The molecule has 0 spiro atoms. The van der Waals surface area contributed by atoms with E-state index in [1.807, 2.05) is 31.2 Å². The molecule has 3 aromatic carbocycles. The lowest BCUT2D eigenvalue weighted by Crippen LogP contribution is -2.22. The van der Waals surface area contributed by atoms with Gasteiger partial charge in [0.1, 0.15) is 0 Å². The number of alkyl halides is 3. The predicted molar refractivity (Wildman–Crippen MR) is 132 cm³/mol. The van der Waals surface area contributed by atoms with Gasteiger partial charge >= 0.3 is 12.1 Å². The van der Waals surface area contributed by atoms with Crippen LogP contribution in [0.1, 0.15) is 27.0 Å². The molecule has 184 valence electrons. The van der Waals surface area contributed by atoms with Crippen LogP contribution in [0, 0.1) is 13.8 Å². The number of aryl methyl sites for hydroxylation is 1. The number of amides is 1. The molecule has 0 radical (unpaired) electrons.